The number of anilines is 1. The molecule has 3 aromatic rings. The van der Waals surface area contributed by atoms with E-state index in [0.29, 0.717) is 5.69 Å². The molecule has 2 bridgehead atoms. The van der Waals surface area contributed by atoms with Crippen LogP contribution in [-0.4, -0.2) is 24.9 Å². The fourth-order valence-corrected chi connectivity index (χ4v) is 6.34. The molecule has 2 atom stereocenters. The first-order chi connectivity index (χ1) is 15.5. The molecule has 5 heteroatoms. The third kappa shape index (κ3) is 2.11. The molecule has 1 fully saturated rings. The molecule has 0 saturated carbocycles. The molecule has 1 aliphatic heterocycles. The predicted octanol–water partition coefficient (Wildman–Crippen LogP) is 4.04. The summed E-state index contributed by atoms with van der Waals surface area (Å²) in [4.78, 5) is 41.5. The molecule has 0 spiro atoms. The molecule has 0 N–H and O–H groups in total. The van der Waals surface area contributed by atoms with Crippen molar-refractivity contribution in [2.24, 2.45) is 11.8 Å². The van der Waals surface area contributed by atoms with E-state index in [1.165, 1.54) is 12.0 Å². The quantitative estimate of drug-likeness (QED) is 0.461. The summed E-state index contributed by atoms with van der Waals surface area (Å²) < 4.78 is 4.91. The Morgan fingerprint density at radius 1 is 0.844 bits per heavy atom. The number of methoxy groups -OCH3 is 1. The molecule has 2 amide bonds. The van der Waals surface area contributed by atoms with Gasteiger partial charge in [-0.3, -0.25) is 9.59 Å². The van der Waals surface area contributed by atoms with Gasteiger partial charge in [-0.1, -0.05) is 67.6 Å². The van der Waals surface area contributed by atoms with E-state index in [1.54, 1.807) is 24.3 Å². The van der Waals surface area contributed by atoms with Crippen LogP contribution in [0.3, 0.4) is 0 Å². The lowest BCUT2D eigenvalue weighted by molar-refractivity contribution is -0.123. The molecule has 4 aliphatic rings. The Kier molecular flexibility index (Phi) is 3.79. The number of hydrogen-bond acceptors (Lipinski definition) is 4. The number of amides is 2. The minimum atomic E-state index is -0.631. The predicted molar refractivity (Wildman–Crippen MR) is 118 cm³/mol. The van der Waals surface area contributed by atoms with Crippen molar-refractivity contribution in [1.82, 2.24) is 0 Å². The maximum atomic E-state index is 14.0. The second-order valence-corrected chi connectivity index (χ2v) is 8.88. The monoisotopic (exact) mass is 423 g/mol. The van der Waals surface area contributed by atoms with E-state index < -0.39 is 23.2 Å². The van der Waals surface area contributed by atoms with Crippen LogP contribution in [0, 0.1) is 11.8 Å². The largest absolute Gasteiger partial charge is 0.465 e. The topological polar surface area (TPSA) is 63.7 Å². The summed E-state index contributed by atoms with van der Waals surface area (Å²) >= 11 is 0. The highest BCUT2D eigenvalue weighted by Gasteiger charge is 2.66. The van der Waals surface area contributed by atoms with Crippen LogP contribution < -0.4 is 4.90 Å². The van der Waals surface area contributed by atoms with E-state index in [4.69, 9.17) is 4.74 Å². The molecule has 32 heavy (non-hydrogen) atoms. The minimum absolute atomic E-state index is 0.194. The van der Waals surface area contributed by atoms with Crippen LogP contribution in [0.5, 0.6) is 0 Å². The van der Waals surface area contributed by atoms with E-state index in [-0.39, 0.29) is 23.3 Å². The number of rotatable bonds is 2. The van der Waals surface area contributed by atoms with Gasteiger partial charge in [-0.15, -0.1) is 0 Å². The summed E-state index contributed by atoms with van der Waals surface area (Å²) in [5.41, 5.74) is 4.30. The Labute approximate surface area is 185 Å². The first kappa shape index (κ1) is 19.0. The van der Waals surface area contributed by atoms with Gasteiger partial charge in [0.2, 0.25) is 11.8 Å². The Morgan fingerprint density at radius 3 is 2.03 bits per heavy atom. The van der Waals surface area contributed by atoms with E-state index in [9.17, 15) is 14.4 Å². The Morgan fingerprint density at radius 2 is 1.41 bits per heavy atom. The second kappa shape index (κ2) is 6.39. The molecule has 0 unspecified atom stereocenters. The number of benzene rings is 3. The van der Waals surface area contributed by atoms with Crippen molar-refractivity contribution < 1.29 is 19.1 Å². The molecule has 3 aromatic carbocycles. The molecule has 5 nitrogen and oxygen atoms in total. The highest BCUT2D eigenvalue weighted by molar-refractivity contribution is 6.25. The van der Waals surface area contributed by atoms with Gasteiger partial charge in [0, 0.05) is 11.3 Å². The zero-order valence-corrected chi connectivity index (χ0v) is 17.7. The highest BCUT2D eigenvalue weighted by Crippen LogP contribution is 2.64. The van der Waals surface area contributed by atoms with Crippen LogP contribution in [0.2, 0.25) is 0 Å². The van der Waals surface area contributed by atoms with Gasteiger partial charge in [-0.2, -0.15) is 0 Å². The maximum Gasteiger partial charge on any atom is 0.339 e. The van der Waals surface area contributed by atoms with Gasteiger partial charge in [0.25, 0.3) is 0 Å². The van der Waals surface area contributed by atoms with Crippen LogP contribution in [-0.2, 0) is 19.7 Å². The summed E-state index contributed by atoms with van der Waals surface area (Å²) in [5.74, 6) is -2.32. The van der Waals surface area contributed by atoms with Crippen LogP contribution in [0.25, 0.3) is 0 Å². The Bertz CT molecular complexity index is 1280. The van der Waals surface area contributed by atoms with Gasteiger partial charge in [0.15, 0.2) is 0 Å². The normalized spacial score (nSPS) is 27.1. The summed E-state index contributed by atoms with van der Waals surface area (Å²) in [6.07, 6.45) is 0. The molecule has 0 radical (unpaired) electrons. The van der Waals surface area contributed by atoms with Gasteiger partial charge < -0.3 is 4.74 Å². The zero-order valence-electron chi connectivity index (χ0n) is 17.7. The lowest BCUT2D eigenvalue weighted by Gasteiger charge is -2.52. The summed E-state index contributed by atoms with van der Waals surface area (Å²) in [6, 6.07) is 22.9. The fraction of sp³-hybridized carbons (Fsp3) is 0.222. The summed E-state index contributed by atoms with van der Waals surface area (Å²) in [7, 11) is 1.29. The average molecular weight is 423 g/mol. The summed E-state index contributed by atoms with van der Waals surface area (Å²) in [5, 5.41) is 0. The fourth-order valence-electron chi connectivity index (χ4n) is 6.34. The van der Waals surface area contributed by atoms with Gasteiger partial charge >= 0.3 is 5.97 Å². The average Bonchev–Trinajstić information content (AvgIpc) is 3.10. The lowest BCUT2D eigenvalue weighted by atomic mass is 9.48. The van der Waals surface area contributed by atoms with Crippen molar-refractivity contribution in [2.45, 2.75) is 18.3 Å². The number of carbonyl (C=O) groups is 3. The van der Waals surface area contributed by atoms with Crippen molar-refractivity contribution in [3.05, 3.63) is 101 Å². The Balaban J connectivity index is 1.60. The number of imide groups is 1. The number of nitrogens with zero attached hydrogens (tertiary/aromatic N) is 1. The SMILES string of the molecule is COC(=O)c1ccccc1N1C(=O)[C@@H]2C3c4ccccc4C(C)(c4ccccc43)[C@H]2C1=O. The van der Waals surface area contributed by atoms with Crippen molar-refractivity contribution in [3.8, 4) is 0 Å². The molecule has 7 rings (SSSR count). The van der Waals surface area contributed by atoms with E-state index in [0.717, 1.165) is 22.3 Å². The van der Waals surface area contributed by atoms with Crippen LogP contribution >= 0.6 is 0 Å². The van der Waals surface area contributed by atoms with E-state index in [2.05, 4.69) is 31.2 Å². The molecular formula is C27H21NO4. The number of para-hydroxylation sites is 1. The first-order valence-electron chi connectivity index (χ1n) is 10.7. The van der Waals surface area contributed by atoms with E-state index in [1.807, 2.05) is 24.3 Å². The van der Waals surface area contributed by atoms with Crippen molar-refractivity contribution in [1.29, 1.82) is 0 Å². The zero-order chi connectivity index (χ0) is 22.2. The van der Waals surface area contributed by atoms with Gasteiger partial charge in [0.05, 0.1) is 30.2 Å². The number of ether oxygens (including phenoxy) is 1. The first-order valence-corrected chi connectivity index (χ1v) is 10.7. The van der Waals surface area contributed by atoms with Crippen molar-refractivity contribution in [2.75, 3.05) is 12.0 Å². The van der Waals surface area contributed by atoms with Gasteiger partial charge in [-0.25, -0.2) is 9.69 Å². The molecule has 3 aliphatic carbocycles. The third-order valence-electron chi connectivity index (χ3n) is 7.59. The van der Waals surface area contributed by atoms with Crippen LogP contribution in [0.15, 0.2) is 72.8 Å². The third-order valence-corrected chi connectivity index (χ3v) is 7.59. The Hall–Kier alpha value is -3.73. The second-order valence-electron chi connectivity index (χ2n) is 8.88. The molecule has 158 valence electrons. The molecule has 0 aromatic heterocycles. The molecule has 1 saturated heterocycles. The van der Waals surface area contributed by atoms with E-state index >= 15 is 0 Å². The van der Waals surface area contributed by atoms with Crippen molar-refractivity contribution in [3.63, 3.8) is 0 Å². The van der Waals surface area contributed by atoms with Crippen LogP contribution in [0.4, 0.5) is 5.69 Å². The summed E-state index contributed by atoms with van der Waals surface area (Å²) in [6.45, 7) is 2.08. The number of carbonyl (C=O) groups excluding carboxylic acids is 3. The molecule has 1 heterocycles. The highest BCUT2D eigenvalue weighted by atomic mass is 16.5. The lowest BCUT2D eigenvalue weighted by Crippen LogP contribution is -2.51. The minimum Gasteiger partial charge on any atom is -0.465 e. The van der Waals surface area contributed by atoms with Gasteiger partial charge in [0.1, 0.15) is 0 Å². The van der Waals surface area contributed by atoms with Gasteiger partial charge in [-0.05, 0) is 34.4 Å². The molecular weight excluding hydrogens is 402 g/mol. The van der Waals surface area contributed by atoms with Crippen LogP contribution in [0.1, 0.15) is 45.5 Å². The maximum absolute atomic E-state index is 14.0. The number of hydrogen-bond donors (Lipinski definition) is 0. The number of esters is 1. The standard InChI is InChI=1S/C27H21NO4/c1-27-18-12-6-3-9-15(18)21(16-10-4-7-13-19(16)27)22-23(27)25(30)28(24(22)29)20-14-8-5-11-17(20)26(31)32-2/h3-14,21-23H,1-2H3/t21?,22-,23-,27?/m1/s1. The van der Waals surface area contributed by atoms with Crippen molar-refractivity contribution >= 4 is 23.5 Å². The smallest absolute Gasteiger partial charge is 0.339 e.